The summed E-state index contributed by atoms with van der Waals surface area (Å²) in [7, 11) is 0. The van der Waals surface area contributed by atoms with Crippen LogP contribution in [0.3, 0.4) is 0 Å². The fourth-order valence-corrected chi connectivity index (χ4v) is 4.40. The Balaban J connectivity index is 1.32. The van der Waals surface area contributed by atoms with Gasteiger partial charge >= 0.3 is 0 Å². The Hall–Kier alpha value is -2.70. The number of anilines is 1. The zero-order valence-corrected chi connectivity index (χ0v) is 18.9. The van der Waals surface area contributed by atoms with E-state index < -0.39 is 0 Å². The van der Waals surface area contributed by atoms with E-state index in [0.717, 1.165) is 38.5 Å². The maximum Gasteiger partial charge on any atom is 0.226 e. The highest BCUT2D eigenvalue weighted by Gasteiger charge is 2.12. The van der Waals surface area contributed by atoms with Crippen molar-refractivity contribution < 1.29 is 9.21 Å². The summed E-state index contributed by atoms with van der Waals surface area (Å²) in [5.41, 5.74) is 3.20. The van der Waals surface area contributed by atoms with Gasteiger partial charge in [-0.2, -0.15) is 0 Å². The Kier molecular flexibility index (Phi) is 6.45. The summed E-state index contributed by atoms with van der Waals surface area (Å²) in [4.78, 5) is 18.1. The minimum absolute atomic E-state index is 0.0587. The van der Waals surface area contributed by atoms with Crippen molar-refractivity contribution in [1.29, 1.82) is 0 Å². The molecule has 6 heteroatoms. The first kappa shape index (κ1) is 20.6. The summed E-state index contributed by atoms with van der Waals surface area (Å²) in [5, 5.41) is 3.57. The van der Waals surface area contributed by atoms with Crippen LogP contribution in [-0.4, -0.2) is 10.9 Å². The van der Waals surface area contributed by atoms with E-state index in [4.69, 9.17) is 4.42 Å². The fourth-order valence-electron chi connectivity index (χ4n) is 3.12. The third-order valence-electron chi connectivity index (χ3n) is 4.74. The molecule has 4 rings (SSSR count). The predicted octanol–water partition coefficient (Wildman–Crippen LogP) is 6.64. The molecule has 4 nitrogen and oxygen atoms in total. The number of nitrogens with zero attached hydrogens (tertiary/aromatic N) is 1. The topological polar surface area (TPSA) is 55.1 Å². The second-order valence-corrected chi connectivity index (χ2v) is 9.01. The second-order valence-electron chi connectivity index (χ2n) is 7.01. The molecule has 4 aromatic rings. The van der Waals surface area contributed by atoms with Gasteiger partial charge in [0.25, 0.3) is 0 Å². The number of nitrogens with one attached hydrogen (secondary N) is 1. The van der Waals surface area contributed by atoms with Gasteiger partial charge in [-0.15, -0.1) is 11.3 Å². The summed E-state index contributed by atoms with van der Waals surface area (Å²) >= 11 is 4.99. The second kappa shape index (κ2) is 9.41. The van der Waals surface area contributed by atoms with E-state index in [9.17, 15) is 4.79 Å². The molecule has 0 spiro atoms. The highest BCUT2D eigenvalue weighted by atomic mass is 79.9. The average molecular weight is 481 g/mol. The minimum Gasteiger partial charge on any atom is -0.461 e. The van der Waals surface area contributed by atoms with E-state index in [-0.39, 0.29) is 5.91 Å². The number of carbonyl (C=O) groups is 1. The zero-order chi connectivity index (χ0) is 20.9. The van der Waals surface area contributed by atoms with Crippen LogP contribution >= 0.6 is 27.3 Å². The van der Waals surface area contributed by atoms with Crippen LogP contribution in [0.2, 0.25) is 0 Å². The van der Waals surface area contributed by atoms with Gasteiger partial charge in [0.05, 0.1) is 5.69 Å². The molecular weight excluding hydrogens is 460 g/mol. The molecule has 0 atom stereocenters. The lowest BCUT2D eigenvalue weighted by Gasteiger charge is -2.01. The van der Waals surface area contributed by atoms with Gasteiger partial charge in [0.15, 0.2) is 5.13 Å². The lowest BCUT2D eigenvalue weighted by molar-refractivity contribution is -0.116. The molecule has 152 valence electrons. The van der Waals surface area contributed by atoms with E-state index in [2.05, 4.69) is 38.4 Å². The van der Waals surface area contributed by atoms with Crippen LogP contribution in [0.15, 0.2) is 75.6 Å². The third-order valence-corrected chi connectivity index (χ3v) is 6.34. The fraction of sp³-hybridized carbons (Fsp3) is 0.167. The number of thiazole rings is 1. The molecule has 1 amide bonds. The smallest absolute Gasteiger partial charge is 0.226 e. The van der Waals surface area contributed by atoms with Crippen molar-refractivity contribution in [3.8, 4) is 11.3 Å². The van der Waals surface area contributed by atoms with Crippen molar-refractivity contribution >= 4 is 38.3 Å². The third kappa shape index (κ3) is 5.26. The predicted molar refractivity (Wildman–Crippen MR) is 125 cm³/mol. The van der Waals surface area contributed by atoms with Crippen LogP contribution in [0, 0.1) is 6.92 Å². The highest BCUT2D eigenvalue weighted by Crippen LogP contribution is 2.26. The van der Waals surface area contributed by atoms with Gasteiger partial charge in [0.1, 0.15) is 11.5 Å². The largest absolute Gasteiger partial charge is 0.461 e. The number of rotatable bonds is 7. The molecule has 2 aromatic carbocycles. The molecule has 0 fully saturated rings. The van der Waals surface area contributed by atoms with Crippen LogP contribution in [-0.2, 0) is 17.6 Å². The van der Waals surface area contributed by atoms with E-state index in [1.165, 1.54) is 16.9 Å². The summed E-state index contributed by atoms with van der Waals surface area (Å²) in [6.45, 7) is 1.98. The molecule has 0 saturated carbocycles. The highest BCUT2D eigenvalue weighted by molar-refractivity contribution is 9.10. The van der Waals surface area contributed by atoms with Crippen LogP contribution in [0.25, 0.3) is 11.3 Å². The summed E-state index contributed by atoms with van der Waals surface area (Å²) < 4.78 is 6.93. The van der Waals surface area contributed by atoms with E-state index in [1.54, 1.807) is 0 Å². The van der Waals surface area contributed by atoms with Crippen molar-refractivity contribution in [2.45, 2.75) is 26.2 Å². The molecule has 30 heavy (non-hydrogen) atoms. The van der Waals surface area contributed by atoms with Crippen molar-refractivity contribution in [1.82, 2.24) is 4.98 Å². The Morgan fingerprint density at radius 1 is 1.07 bits per heavy atom. The maximum atomic E-state index is 12.4. The van der Waals surface area contributed by atoms with Gasteiger partial charge < -0.3 is 9.73 Å². The number of furan rings is 1. The molecule has 0 radical (unpaired) electrons. The van der Waals surface area contributed by atoms with Gasteiger partial charge in [0, 0.05) is 34.2 Å². The van der Waals surface area contributed by atoms with Crippen LogP contribution in [0.1, 0.15) is 28.3 Å². The standard InChI is InChI=1S/C24H21BrN2O2S/c1-16-22(15-17-7-9-19(25)10-8-17)30-24(26-16)27-23(28)14-12-20-11-13-21(29-20)18-5-3-2-4-6-18/h2-11,13H,12,14-15H2,1H3,(H,26,27,28). The zero-order valence-electron chi connectivity index (χ0n) is 16.5. The van der Waals surface area contributed by atoms with E-state index in [1.807, 2.05) is 61.5 Å². The lowest BCUT2D eigenvalue weighted by Crippen LogP contribution is -2.11. The monoisotopic (exact) mass is 480 g/mol. The number of hydrogen-bond donors (Lipinski definition) is 1. The van der Waals surface area contributed by atoms with Crippen LogP contribution in [0.5, 0.6) is 0 Å². The Labute approximate surface area is 188 Å². The number of hydrogen-bond acceptors (Lipinski definition) is 4. The van der Waals surface area contributed by atoms with Crippen molar-refractivity contribution in [2.75, 3.05) is 5.32 Å². The number of halogens is 1. The lowest BCUT2D eigenvalue weighted by atomic mass is 10.1. The molecule has 0 aliphatic carbocycles. The maximum absolute atomic E-state index is 12.4. The van der Waals surface area contributed by atoms with Crippen LogP contribution < -0.4 is 5.32 Å². The van der Waals surface area contributed by atoms with Gasteiger partial charge in [-0.05, 0) is 36.8 Å². The van der Waals surface area contributed by atoms with E-state index in [0.29, 0.717) is 18.0 Å². The molecule has 2 heterocycles. The van der Waals surface area contributed by atoms with Gasteiger partial charge in [-0.3, -0.25) is 4.79 Å². The number of carbonyl (C=O) groups excluding carboxylic acids is 1. The van der Waals surface area contributed by atoms with Gasteiger partial charge in [0.2, 0.25) is 5.91 Å². The van der Waals surface area contributed by atoms with Gasteiger partial charge in [-0.25, -0.2) is 4.98 Å². The Morgan fingerprint density at radius 3 is 2.60 bits per heavy atom. The molecule has 0 unspecified atom stereocenters. The van der Waals surface area contributed by atoms with Crippen molar-refractivity contribution in [2.24, 2.45) is 0 Å². The molecule has 2 aromatic heterocycles. The van der Waals surface area contributed by atoms with Crippen LogP contribution in [0.4, 0.5) is 5.13 Å². The van der Waals surface area contributed by atoms with E-state index >= 15 is 0 Å². The normalized spacial score (nSPS) is 10.9. The molecular formula is C24H21BrN2O2S. The number of benzene rings is 2. The average Bonchev–Trinajstić information content (AvgIpc) is 3.36. The Morgan fingerprint density at radius 2 is 1.83 bits per heavy atom. The first-order valence-corrected chi connectivity index (χ1v) is 11.3. The minimum atomic E-state index is -0.0587. The SMILES string of the molecule is Cc1nc(NC(=O)CCc2ccc(-c3ccccc3)o2)sc1Cc1ccc(Br)cc1. The van der Waals surface area contributed by atoms with Crippen molar-refractivity contribution in [3.05, 3.63) is 93.1 Å². The Bertz CT molecular complexity index is 1130. The molecule has 0 aliphatic heterocycles. The first-order chi connectivity index (χ1) is 14.6. The molecule has 0 aliphatic rings. The quantitative estimate of drug-likeness (QED) is 0.322. The molecule has 0 saturated heterocycles. The number of aromatic nitrogens is 1. The summed E-state index contributed by atoms with van der Waals surface area (Å²) in [6.07, 6.45) is 1.71. The number of amides is 1. The first-order valence-electron chi connectivity index (χ1n) is 9.71. The summed E-state index contributed by atoms with van der Waals surface area (Å²) in [6, 6.07) is 22.1. The molecule has 1 N–H and O–H groups in total. The summed E-state index contributed by atoms with van der Waals surface area (Å²) in [5.74, 6) is 1.56. The van der Waals surface area contributed by atoms with Gasteiger partial charge in [-0.1, -0.05) is 58.4 Å². The number of aryl methyl sites for hydroxylation is 2. The van der Waals surface area contributed by atoms with Crippen molar-refractivity contribution in [3.63, 3.8) is 0 Å². The molecule has 0 bridgehead atoms.